The van der Waals surface area contributed by atoms with E-state index in [1.807, 2.05) is 6.07 Å². The number of rotatable bonds is 1. The lowest BCUT2D eigenvalue weighted by Gasteiger charge is -1.89. The van der Waals surface area contributed by atoms with Crippen LogP contribution in [0.5, 0.6) is 0 Å². The molecule has 0 fully saturated rings. The van der Waals surface area contributed by atoms with E-state index in [0.29, 0.717) is 0 Å². The quantitative estimate of drug-likeness (QED) is 0.559. The predicted molar refractivity (Wildman–Crippen MR) is 41.0 cm³/mol. The van der Waals surface area contributed by atoms with Gasteiger partial charge >= 0.3 is 0 Å². The van der Waals surface area contributed by atoms with Gasteiger partial charge in [-0.15, -0.1) is 0 Å². The molecule has 11 heavy (non-hydrogen) atoms. The van der Waals surface area contributed by atoms with Gasteiger partial charge in [-0.05, 0) is 23.8 Å². The summed E-state index contributed by atoms with van der Waals surface area (Å²) in [4.78, 5) is 0. The van der Waals surface area contributed by atoms with Gasteiger partial charge in [0, 0.05) is 6.08 Å². The second-order valence-electron chi connectivity index (χ2n) is 2.01. The predicted octanol–water partition coefficient (Wildman–Crippen LogP) is 2.36. The molecule has 0 aliphatic heterocycles. The van der Waals surface area contributed by atoms with Crippen molar-refractivity contribution in [2.75, 3.05) is 0 Å². The van der Waals surface area contributed by atoms with Gasteiger partial charge in [-0.1, -0.05) is 12.1 Å². The summed E-state index contributed by atoms with van der Waals surface area (Å²) in [6.45, 7) is 0. The van der Waals surface area contributed by atoms with Crippen LogP contribution in [0.15, 0.2) is 30.3 Å². The molecule has 0 bridgehead atoms. The number of nitrogens with zero attached hydrogens (tertiary/aromatic N) is 1. The first-order chi connectivity index (χ1) is 5.33. The van der Waals surface area contributed by atoms with E-state index in [9.17, 15) is 4.39 Å². The van der Waals surface area contributed by atoms with E-state index >= 15 is 0 Å². The van der Waals surface area contributed by atoms with Gasteiger partial charge in [-0.3, -0.25) is 0 Å². The average molecular weight is 147 g/mol. The van der Waals surface area contributed by atoms with Crippen LogP contribution in [-0.2, 0) is 0 Å². The zero-order valence-corrected chi connectivity index (χ0v) is 5.79. The highest BCUT2D eigenvalue weighted by Gasteiger charge is 1.86. The molecule has 0 aromatic heterocycles. The van der Waals surface area contributed by atoms with Crippen LogP contribution in [0.3, 0.4) is 0 Å². The number of benzene rings is 1. The summed E-state index contributed by atoms with van der Waals surface area (Å²) < 4.78 is 12.3. The summed E-state index contributed by atoms with van der Waals surface area (Å²) in [6, 6.07) is 7.80. The highest BCUT2D eigenvalue weighted by atomic mass is 19.1. The molecule has 0 saturated heterocycles. The van der Waals surface area contributed by atoms with E-state index in [0.717, 1.165) is 5.56 Å². The van der Waals surface area contributed by atoms with Gasteiger partial charge in [0.15, 0.2) is 0 Å². The van der Waals surface area contributed by atoms with Crippen molar-refractivity contribution in [3.63, 3.8) is 0 Å². The Morgan fingerprint density at radius 2 is 1.91 bits per heavy atom. The van der Waals surface area contributed by atoms with Gasteiger partial charge < -0.3 is 0 Å². The van der Waals surface area contributed by atoms with Crippen LogP contribution in [0, 0.1) is 17.1 Å². The average Bonchev–Trinajstić information content (AvgIpc) is 2.04. The molecule has 0 radical (unpaired) electrons. The summed E-state index contributed by atoms with van der Waals surface area (Å²) in [5.41, 5.74) is 0.827. The Morgan fingerprint density at radius 3 is 2.45 bits per heavy atom. The molecule has 0 aliphatic carbocycles. The van der Waals surface area contributed by atoms with Crippen LogP contribution in [0.25, 0.3) is 6.08 Å². The number of nitriles is 1. The molecule has 1 aromatic rings. The molecule has 0 amide bonds. The largest absolute Gasteiger partial charge is 0.207 e. The molecule has 0 atom stereocenters. The van der Waals surface area contributed by atoms with Gasteiger partial charge in [0.25, 0.3) is 0 Å². The molecule has 2 heteroatoms. The summed E-state index contributed by atoms with van der Waals surface area (Å²) in [5, 5.41) is 8.17. The normalized spacial score (nSPS) is 9.82. The van der Waals surface area contributed by atoms with Crippen molar-refractivity contribution in [1.29, 1.82) is 5.26 Å². The number of halogens is 1. The molecule has 0 N–H and O–H groups in total. The fraction of sp³-hybridized carbons (Fsp3) is 0. The van der Waals surface area contributed by atoms with Gasteiger partial charge in [-0.25, -0.2) is 4.39 Å². The van der Waals surface area contributed by atoms with Crippen LogP contribution >= 0.6 is 0 Å². The molecule has 0 spiro atoms. The van der Waals surface area contributed by atoms with E-state index in [2.05, 4.69) is 0 Å². The molecule has 1 nitrogen and oxygen atoms in total. The van der Waals surface area contributed by atoms with Crippen molar-refractivity contribution >= 4 is 6.08 Å². The summed E-state index contributed by atoms with van der Waals surface area (Å²) in [7, 11) is 0. The highest BCUT2D eigenvalue weighted by molar-refractivity contribution is 5.51. The third-order valence-corrected chi connectivity index (χ3v) is 1.22. The van der Waals surface area contributed by atoms with Crippen molar-refractivity contribution in [2.45, 2.75) is 0 Å². The zero-order valence-electron chi connectivity index (χ0n) is 5.79. The fourth-order valence-corrected chi connectivity index (χ4v) is 0.707. The lowest BCUT2D eigenvalue weighted by Crippen LogP contribution is -1.73. The maximum absolute atomic E-state index is 12.3. The SMILES string of the molecule is N#C/C=C\c1ccc(F)cc1. The standard InChI is InChI=1S/C9H6FN/c10-9-5-3-8(4-6-9)2-1-7-11/h1-6H/b2-1-. The maximum atomic E-state index is 12.3. The van der Waals surface area contributed by atoms with Gasteiger partial charge in [-0.2, -0.15) is 5.26 Å². The minimum absolute atomic E-state index is 0.265. The molecule has 0 unspecified atom stereocenters. The van der Waals surface area contributed by atoms with E-state index in [1.165, 1.54) is 18.2 Å². The van der Waals surface area contributed by atoms with Gasteiger partial charge in [0.05, 0.1) is 6.07 Å². The second-order valence-corrected chi connectivity index (χ2v) is 2.01. The molecule has 0 heterocycles. The maximum Gasteiger partial charge on any atom is 0.123 e. The molecule has 0 aliphatic rings. The van der Waals surface area contributed by atoms with Crippen LogP contribution in [-0.4, -0.2) is 0 Å². The molecule has 54 valence electrons. The fourth-order valence-electron chi connectivity index (χ4n) is 0.707. The van der Waals surface area contributed by atoms with Crippen molar-refractivity contribution in [2.24, 2.45) is 0 Å². The Morgan fingerprint density at radius 1 is 1.27 bits per heavy atom. The van der Waals surface area contributed by atoms with Crippen LogP contribution in [0.1, 0.15) is 5.56 Å². The smallest absolute Gasteiger partial charge is 0.123 e. The van der Waals surface area contributed by atoms with Gasteiger partial charge in [0.1, 0.15) is 5.82 Å². The first kappa shape index (κ1) is 7.49. The minimum Gasteiger partial charge on any atom is -0.207 e. The highest BCUT2D eigenvalue weighted by Crippen LogP contribution is 2.03. The van der Waals surface area contributed by atoms with E-state index in [-0.39, 0.29) is 5.82 Å². The zero-order chi connectivity index (χ0) is 8.10. The number of allylic oxidation sites excluding steroid dienone is 1. The van der Waals surface area contributed by atoms with Crippen molar-refractivity contribution in [3.8, 4) is 6.07 Å². The van der Waals surface area contributed by atoms with Crippen LogP contribution < -0.4 is 0 Å². The molecule has 1 aromatic carbocycles. The van der Waals surface area contributed by atoms with Crippen molar-refractivity contribution < 1.29 is 4.39 Å². The third kappa shape index (κ3) is 2.23. The lowest BCUT2D eigenvalue weighted by atomic mass is 10.2. The summed E-state index contributed by atoms with van der Waals surface area (Å²) in [5.74, 6) is -0.265. The van der Waals surface area contributed by atoms with E-state index < -0.39 is 0 Å². The lowest BCUT2D eigenvalue weighted by molar-refractivity contribution is 0.628. The van der Waals surface area contributed by atoms with E-state index in [4.69, 9.17) is 5.26 Å². The Labute approximate surface area is 64.4 Å². The van der Waals surface area contributed by atoms with Crippen molar-refractivity contribution in [1.82, 2.24) is 0 Å². The summed E-state index contributed by atoms with van der Waals surface area (Å²) >= 11 is 0. The first-order valence-corrected chi connectivity index (χ1v) is 3.14. The Kier molecular flexibility index (Phi) is 2.40. The van der Waals surface area contributed by atoms with Crippen molar-refractivity contribution in [3.05, 3.63) is 41.7 Å². The third-order valence-electron chi connectivity index (χ3n) is 1.22. The molecule has 0 saturated carbocycles. The Bertz CT molecular complexity index is 292. The number of hydrogen-bond donors (Lipinski definition) is 0. The minimum atomic E-state index is -0.265. The molecular weight excluding hydrogens is 141 g/mol. The van der Waals surface area contributed by atoms with Gasteiger partial charge in [0.2, 0.25) is 0 Å². The van der Waals surface area contributed by atoms with Crippen LogP contribution in [0.4, 0.5) is 4.39 Å². The topological polar surface area (TPSA) is 23.8 Å². The Hall–Kier alpha value is -1.62. The Balaban J connectivity index is 2.84. The first-order valence-electron chi connectivity index (χ1n) is 3.14. The molecule has 1 rings (SSSR count). The monoisotopic (exact) mass is 147 g/mol. The van der Waals surface area contributed by atoms with E-state index in [1.54, 1.807) is 18.2 Å². The summed E-state index contributed by atoms with van der Waals surface area (Å²) in [6.07, 6.45) is 2.98. The second kappa shape index (κ2) is 3.52. The number of hydrogen-bond acceptors (Lipinski definition) is 1. The van der Waals surface area contributed by atoms with Crippen LogP contribution in [0.2, 0.25) is 0 Å². The molecular formula is C9H6FN.